The summed E-state index contributed by atoms with van der Waals surface area (Å²) in [7, 11) is 0. The Morgan fingerprint density at radius 2 is 1.79 bits per heavy atom. The van der Waals surface area contributed by atoms with E-state index in [1.54, 1.807) is 0 Å². The van der Waals surface area contributed by atoms with Crippen LogP contribution >= 0.6 is 11.6 Å². The molecule has 1 aliphatic carbocycles. The highest BCUT2D eigenvalue weighted by Crippen LogP contribution is 2.40. The van der Waals surface area contributed by atoms with Gasteiger partial charge in [-0.05, 0) is 40.3 Å². The average Bonchev–Trinajstić information content (AvgIpc) is 2.59. The molecule has 0 aromatic heterocycles. The lowest BCUT2D eigenvalue weighted by atomic mass is 9.85. The third-order valence-electron chi connectivity index (χ3n) is 3.81. The predicted molar refractivity (Wildman–Crippen MR) is 78.9 cm³/mol. The molecule has 0 aliphatic heterocycles. The molecule has 0 bridgehead atoms. The van der Waals surface area contributed by atoms with Crippen molar-refractivity contribution in [3.63, 3.8) is 0 Å². The molecule has 0 fully saturated rings. The molecule has 0 radical (unpaired) electrons. The number of carbonyl (C=O) groups is 1. The number of benzene rings is 2. The van der Waals surface area contributed by atoms with Gasteiger partial charge in [0.25, 0.3) is 0 Å². The second-order valence-corrected chi connectivity index (χ2v) is 6.19. The maximum absolute atomic E-state index is 12.0. The Hall–Kier alpha value is -1.60. The van der Waals surface area contributed by atoms with E-state index in [0.717, 1.165) is 27.3 Å². The van der Waals surface area contributed by atoms with Crippen molar-refractivity contribution in [2.24, 2.45) is 0 Å². The third-order valence-corrected chi connectivity index (χ3v) is 4.04. The lowest BCUT2D eigenvalue weighted by Crippen LogP contribution is -2.12. The van der Waals surface area contributed by atoms with Gasteiger partial charge in [0.1, 0.15) is 0 Å². The Morgan fingerprint density at radius 1 is 1.05 bits per heavy atom. The van der Waals surface area contributed by atoms with E-state index in [-0.39, 0.29) is 11.2 Å². The largest absolute Gasteiger partial charge is 0.294 e. The second-order valence-electron chi connectivity index (χ2n) is 5.75. The molecule has 19 heavy (non-hydrogen) atoms. The molecule has 1 aliphatic rings. The van der Waals surface area contributed by atoms with Gasteiger partial charge in [-0.1, -0.05) is 49.7 Å². The number of rotatable bonds is 1. The number of ketones is 1. The highest BCUT2D eigenvalue weighted by Gasteiger charge is 2.35. The number of hydrogen-bond donors (Lipinski definition) is 0. The van der Waals surface area contributed by atoms with Gasteiger partial charge in [-0.3, -0.25) is 4.79 Å². The first-order valence-electron chi connectivity index (χ1n) is 6.41. The van der Waals surface area contributed by atoms with Crippen molar-refractivity contribution in [3.8, 4) is 11.1 Å². The zero-order chi connectivity index (χ0) is 13.6. The Bertz CT molecular complexity index is 671. The first kappa shape index (κ1) is 12.4. The van der Waals surface area contributed by atoms with E-state index in [4.69, 9.17) is 11.6 Å². The van der Waals surface area contributed by atoms with Crippen molar-refractivity contribution >= 4 is 17.4 Å². The van der Waals surface area contributed by atoms with Crippen LogP contribution in [0.4, 0.5) is 0 Å². The summed E-state index contributed by atoms with van der Waals surface area (Å²) in [6.45, 7) is 4.25. The molecule has 0 saturated carbocycles. The molecule has 0 spiro atoms. The van der Waals surface area contributed by atoms with Crippen LogP contribution in [0.15, 0.2) is 42.5 Å². The maximum atomic E-state index is 12.0. The fourth-order valence-electron chi connectivity index (χ4n) is 2.79. The highest BCUT2D eigenvalue weighted by molar-refractivity contribution is 6.30. The fourth-order valence-corrected chi connectivity index (χ4v) is 2.98. The molecule has 0 saturated heterocycles. The summed E-state index contributed by atoms with van der Waals surface area (Å²) in [6.07, 6.45) is 0.599. The fraction of sp³-hybridized carbons (Fsp3) is 0.235. The first-order valence-corrected chi connectivity index (χ1v) is 6.79. The zero-order valence-electron chi connectivity index (χ0n) is 11.0. The van der Waals surface area contributed by atoms with Gasteiger partial charge in [0.05, 0.1) is 0 Å². The van der Waals surface area contributed by atoms with Gasteiger partial charge in [-0.15, -0.1) is 0 Å². The molecular weight excluding hydrogens is 256 g/mol. The van der Waals surface area contributed by atoms with Crippen LogP contribution in [0.1, 0.15) is 36.2 Å². The van der Waals surface area contributed by atoms with E-state index in [1.165, 1.54) is 0 Å². The van der Waals surface area contributed by atoms with E-state index in [9.17, 15) is 4.79 Å². The molecule has 1 nitrogen and oxygen atoms in total. The summed E-state index contributed by atoms with van der Waals surface area (Å²) >= 11 is 6.04. The van der Waals surface area contributed by atoms with Crippen LogP contribution in [0.2, 0.25) is 5.02 Å². The molecule has 96 valence electrons. The molecular formula is C17H15ClO. The number of carbonyl (C=O) groups excluding carboxylic acids is 1. The SMILES string of the molecule is CC1(C)CC(=O)c2ccc(-c3cccc(Cl)c3)cc21. The molecule has 2 aromatic rings. The Balaban J connectivity index is 2.15. The van der Waals surface area contributed by atoms with E-state index in [2.05, 4.69) is 19.9 Å². The van der Waals surface area contributed by atoms with Crippen LogP contribution in [0.3, 0.4) is 0 Å². The van der Waals surface area contributed by atoms with Gasteiger partial charge >= 0.3 is 0 Å². The summed E-state index contributed by atoms with van der Waals surface area (Å²) in [5, 5.41) is 0.730. The summed E-state index contributed by atoms with van der Waals surface area (Å²) in [6, 6.07) is 13.9. The molecule has 0 N–H and O–H groups in total. The van der Waals surface area contributed by atoms with E-state index < -0.39 is 0 Å². The van der Waals surface area contributed by atoms with Crippen molar-refractivity contribution in [1.82, 2.24) is 0 Å². The van der Waals surface area contributed by atoms with Gasteiger partial charge in [0.15, 0.2) is 5.78 Å². The topological polar surface area (TPSA) is 17.1 Å². The van der Waals surface area contributed by atoms with E-state index >= 15 is 0 Å². The van der Waals surface area contributed by atoms with Crippen LogP contribution in [0.5, 0.6) is 0 Å². The third kappa shape index (κ3) is 2.08. The first-order chi connectivity index (χ1) is 8.97. The van der Waals surface area contributed by atoms with Crippen molar-refractivity contribution in [3.05, 3.63) is 58.6 Å². The lowest BCUT2D eigenvalue weighted by molar-refractivity contribution is 0.0979. The number of fused-ring (bicyclic) bond motifs is 1. The number of halogens is 1. The molecule has 0 heterocycles. The van der Waals surface area contributed by atoms with Crippen molar-refractivity contribution in [2.75, 3.05) is 0 Å². The van der Waals surface area contributed by atoms with Crippen LogP contribution in [-0.4, -0.2) is 5.78 Å². The quantitative estimate of drug-likeness (QED) is 0.722. The van der Waals surface area contributed by atoms with E-state index in [1.807, 2.05) is 36.4 Å². The second kappa shape index (κ2) is 4.21. The monoisotopic (exact) mass is 270 g/mol. The molecule has 3 rings (SSSR count). The molecule has 2 heteroatoms. The minimum absolute atomic E-state index is 0.0685. The average molecular weight is 271 g/mol. The zero-order valence-corrected chi connectivity index (χ0v) is 11.8. The summed E-state index contributed by atoms with van der Waals surface area (Å²) in [5.41, 5.74) is 4.15. The maximum Gasteiger partial charge on any atom is 0.164 e. The van der Waals surface area contributed by atoms with E-state index in [0.29, 0.717) is 6.42 Å². The number of Topliss-reactive ketones (excluding diaryl/α,β-unsaturated/α-hetero) is 1. The van der Waals surface area contributed by atoms with Gasteiger partial charge < -0.3 is 0 Å². The van der Waals surface area contributed by atoms with Gasteiger partial charge in [-0.25, -0.2) is 0 Å². The molecule has 0 amide bonds. The van der Waals surface area contributed by atoms with Crippen LogP contribution in [0, 0.1) is 0 Å². The van der Waals surface area contributed by atoms with Gasteiger partial charge in [-0.2, -0.15) is 0 Å². The van der Waals surface area contributed by atoms with Gasteiger partial charge in [0.2, 0.25) is 0 Å². The van der Waals surface area contributed by atoms with Crippen molar-refractivity contribution in [1.29, 1.82) is 0 Å². The molecule has 0 unspecified atom stereocenters. The predicted octanol–water partition coefficient (Wildman–Crippen LogP) is 4.87. The Kier molecular flexibility index (Phi) is 2.75. The van der Waals surface area contributed by atoms with Gasteiger partial charge in [0, 0.05) is 17.0 Å². The summed E-state index contributed by atoms with van der Waals surface area (Å²) < 4.78 is 0. The van der Waals surface area contributed by atoms with Crippen LogP contribution < -0.4 is 0 Å². The standard InChI is InChI=1S/C17H15ClO/c1-17(2)10-16(19)14-7-6-12(9-15(14)17)11-4-3-5-13(18)8-11/h3-9H,10H2,1-2H3. The molecule has 0 atom stereocenters. The van der Waals surface area contributed by atoms with Crippen molar-refractivity contribution < 1.29 is 4.79 Å². The smallest absolute Gasteiger partial charge is 0.164 e. The lowest BCUT2D eigenvalue weighted by Gasteiger charge is -2.18. The Labute approximate surface area is 118 Å². The minimum atomic E-state index is -0.0685. The number of hydrogen-bond acceptors (Lipinski definition) is 1. The van der Waals surface area contributed by atoms with Crippen LogP contribution in [0.25, 0.3) is 11.1 Å². The summed E-state index contributed by atoms with van der Waals surface area (Å²) in [5.74, 6) is 0.248. The summed E-state index contributed by atoms with van der Waals surface area (Å²) in [4.78, 5) is 12.0. The van der Waals surface area contributed by atoms with Crippen LogP contribution in [-0.2, 0) is 5.41 Å². The minimum Gasteiger partial charge on any atom is -0.294 e. The molecule has 2 aromatic carbocycles. The Morgan fingerprint density at radius 3 is 2.53 bits per heavy atom. The normalized spacial score (nSPS) is 16.5. The highest BCUT2D eigenvalue weighted by atomic mass is 35.5. The van der Waals surface area contributed by atoms with Crippen molar-refractivity contribution in [2.45, 2.75) is 25.7 Å².